The van der Waals surface area contributed by atoms with E-state index in [1.54, 1.807) is 12.3 Å². The normalized spacial score (nSPS) is 10.5. The monoisotopic (exact) mass is 299 g/mol. The third-order valence-corrected chi connectivity index (χ3v) is 3.60. The summed E-state index contributed by atoms with van der Waals surface area (Å²) in [6.45, 7) is 0.383. The number of carbonyl (C=O) groups excluding carboxylic acids is 1. The highest BCUT2D eigenvalue weighted by atomic mass is 35.5. The Morgan fingerprint density at radius 3 is 2.71 bits per heavy atom. The van der Waals surface area contributed by atoms with E-state index in [1.165, 1.54) is 0 Å². The van der Waals surface area contributed by atoms with E-state index in [0.717, 1.165) is 22.2 Å². The van der Waals surface area contributed by atoms with Crippen LogP contribution in [0.1, 0.15) is 5.56 Å². The largest absolute Gasteiger partial charge is 0.359 e. The molecule has 21 heavy (non-hydrogen) atoms. The van der Waals surface area contributed by atoms with Crippen LogP contribution in [0.5, 0.6) is 0 Å². The fraction of sp³-hybridized carbons (Fsp3) is 0.0625. The lowest BCUT2D eigenvalue weighted by Gasteiger charge is -2.08. The van der Waals surface area contributed by atoms with Crippen LogP contribution in [0, 0.1) is 0 Å². The van der Waals surface area contributed by atoms with Gasteiger partial charge in [0, 0.05) is 28.7 Å². The smallest absolute Gasteiger partial charge is 0.319 e. The number of urea groups is 1. The Balaban J connectivity index is 1.66. The molecule has 3 rings (SSSR count). The molecule has 3 aromatic rings. The molecule has 106 valence electrons. The molecule has 0 saturated heterocycles. The summed E-state index contributed by atoms with van der Waals surface area (Å²) in [7, 11) is 0. The molecule has 2 amide bonds. The van der Waals surface area contributed by atoms with Gasteiger partial charge in [-0.1, -0.05) is 48.0 Å². The number of halogens is 1. The van der Waals surface area contributed by atoms with Gasteiger partial charge in [0.05, 0.1) is 5.69 Å². The molecule has 1 heterocycles. The molecule has 2 aromatic carbocycles. The van der Waals surface area contributed by atoms with Crippen molar-refractivity contribution in [3.05, 3.63) is 65.3 Å². The van der Waals surface area contributed by atoms with E-state index in [4.69, 9.17) is 11.6 Å². The van der Waals surface area contributed by atoms with Crippen LogP contribution in [0.4, 0.5) is 10.5 Å². The molecule has 0 saturated carbocycles. The first-order valence-electron chi connectivity index (χ1n) is 6.58. The number of nitrogens with one attached hydrogen (secondary N) is 3. The second kappa shape index (κ2) is 5.89. The molecule has 0 spiro atoms. The van der Waals surface area contributed by atoms with Crippen LogP contribution >= 0.6 is 11.6 Å². The molecule has 0 unspecified atom stereocenters. The van der Waals surface area contributed by atoms with Gasteiger partial charge in [-0.25, -0.2) is 4.79 Å². The highest BCUT2D eigenvalue weighted by Gasteiger charge is 2.07. The van der Waals surface area contributed by atoms with Crippen molar-refractivity contribution in [2.45, 2.75) is 6.54 Å². The summed E-state index contributed by atoms with van der Waals surface area (Å²) in [5.41, 5.74) is 2.62. The second-order valence-corrected chi connectivity index (χ2v) is 5.05. The maximum absolute atomic E-state index is 12.0. The summed E-state index contributed by atoms with van der Waals surface area (Å²) < 4.78 is 0. The molecule has 0 atom stereocenters. The van der Waals surface area contributed by atoms with Crippen LogP contribution in [0.25, 0.3) is 10.9 Å². The molecule has 1 aromatic heterocycles. The van der Waals surface area contributed by atoms with Gasteiger partial charge in [-0.2, -0.15) is 0 Å². The number of hydrogen-bond donors (Lipinski definition) is 3. The lowest BCUT2D eigenvalue weighted by molar-refractivity contribution is 0.252. The van der Waals surface area contributed by atoms with Crippen molar-refractivity contribution in [3.63, 3.8) is 0 Å². The number of benzene rings is 2. The van der Waals surface area contributed by atoms with E-state index in [2.05, 4.69) is 15.6 Å². The van der Waals surface area contributed by atoms with E-state index in [9.17, 15) is 4.79 Å². The van der Waals surface area contributed by atoms with Gasteiger partial charge in [0.2, 0.25) is 0 Å². The highest BCUT2D eigenvalue weighted by molar-refractivity contribution is 6.31. The van der Waals surface area contributed by atoms with Gasteiger partial charge in [0.25, 0.3) is 0 Å². The molecule has 0 radical (unpaired) electrons. The maximum Gasteiger partial charge on any atom is 0.319 e. The number of para-hydroxylation sites is 1. The fourth-order valence-corrected chi connectivity index (χ4v) is 2.36. The highest BCUT2D eigenvalue weighted by Crippen LogP contribution is 2.22. The minimum Gasteiger partial charge on any atom is -0.359 e. The molecule has 0 bridgehead atoms. The van der Waals surface area contributed by atoms with Crippen LogP contribution in [-0.4, -0.2) is 11.0 Å². The molecular formula is C16H14ClN3O. The van der Waals surface area contributed by atoms with Crippen molar-refractivity contribution in [3.8, 4) is 0 Å². The van der Waals surface area contributed by atoms with Gasteiger partial charge in [-0.3, -0.25) is 0 Å². The lowest BCUT2D eigenvalue weighted by atomic mass is 10.2. The molecule has 0 fully saturated rings. The summed E-state index contributed by atoms with van der Waals surface area (Å²) in [5, 5.41) is 7.25. The van der Waals surface area contributed by atoms with E-state index in [0.29, 0.717) is 11.6 Å². The van der Waals surface area contributed by atoms with E-state index < -0.39 is 0 Å². The van der Waals surface area contributed by atoms with Gasteiger partial charge in [-0.05, 0) is 17.7 Å². The predicted molar refractivity (Wildman–Crippen MR) is 85.6 cm³/mol. The zero-order valence-corrected chi connectivity index (χ0v) is 11.9. The van der Waals surface area contributed by atoms with E-state index in [-0.39, 0.29) is 6.03 Å². The van der Waals surface area contributed by atoms with Gasteiger partial charge in [0.1, 0.15) is 0 Å². The number of aromatic nitrogens is 1. The first-order valence-corrected chi connectivity index (χ1v) is 6.96. The Bertz CT molecular complexity index is 782. The average molecular weight is 300 g/mol. The third-order valence-electron chi connectivity index (χ3n) is 3.23. The zero-order valence-electron chi connectivity index (χ0n) is 11.2. The van der Waals surface area contributed by atoms with Crippen LogP contribution < -0.4 is 10.6 Å². The number of amides is 2. The SMILES string of the molecule is O=C(NCc1ccccc1Cl)Nc1c[nH]c2ccccc12. The summed E-state index contributed by atoms with van der Waals surface area (Å²) in [6.07, 6.45) is 1.78. The average Bonchev–Trinajstić information content (AvgIpc) is 2.90. The number of fused-ring (bicyclic) bond motifs is 1. The van der Waals surface area contributed by atoms with Gasteiger partial charge in [0.15, 0.2) is 0 Å². The van der Waals surface area contributed by atoms with Crippen LogP contribution in [-0.2, 0) is 6.54 Å². The number of H-pyrrole nitrogens is 1. The van der Waals surface area contributed by atoms with Crippen molar-refractivity contribution < 1.29 is 4.79 Å². The Morgan fingerprint density at radius 1 is 1.10 bits per heavy atom. The molecule has 0 aliphatic heterocycles. The molecule has 4 nitrogen and oxygen atoms in total. The summed E-state index contributed by atoms with van der Waals surface area (Å²) in [6, 6.07) is 15.0. The Kier molecular flexibility index (Phi) is 3.79. The van der Waals surface area contributed by atoms with Crippen molar-refractivity contribution in [1.82, 2.24) is 10.3 Å². The van der Waals surface area contributed by atoms with Crippen molar-refractivity contribution in [2.75, 3.05) is 5.32 Å². The predicted octanol–water partition coefficient (Wildman–Crippen LogP) is 4.14. The standard InChI is InChI=1S/C16H14ClN3O/c17-13-7-3-1-5-11(13)9-19-16(21)20-15-10-18-14-8-4-2-6-12(14)15/h1-8,10,18H,9H2,(H2,19,20,21). The third kappa shape index (κ3) is 3.01. The Hall–Kier alpha value is -2.46. The molecule has 3 N–H and O–H groups in total. The minimum atomic E-state index is -0.264. The Labute approximate surface area is 127 Å². The summed E-state index contributed by atoms with van der Waals surface area (Å²) in [5.74, 6) is 0. The molecule has 5 heteroatoms. The van der Waals surface area contributed by atoms with Crippen molar-refractivity contribution >= 4 is 34.2 Å². The second-order valence-electron chi connectivity index (χ2n) is 4.65. The first kappa shape index (κ1) is 13.5. The van der Waals surface area contributed by atoms with Crippen molar-refractivity contribution in [2.24, 2.45) is 0 Å². The summed E-state index contributed by atoms with van der Waals surface area (Å²) in [4.78, 5) is 15.1. The molecule has 0 aliphatic rings. The number of carbonyl (C=O) groups is 1. The zero-order chi connectivity index (χ0) is 14.7. The topological polar surface area (TPSA) is 56.9 Å². The number of anilines is 1. The van der Waals surface area contributed by atoms with Crippen LogP contribution in [0.3, 0.4) is 0 Å². The maximum atomic E-state index is 12.0. The lowest BCUT2D eigenvalue weighted by Crippen LogP contribution is -2.28. The number of rotatable bonds is 3. The van der Waals surface area contributed by atoms with Gasteiger partial charge < -0.3 is 15.6 Å². The number of hydrogen-bond acceptors (Lipinski definition) is 1. The molecule has 0 aliphatic carbocycles. The fourth-order valence-electron chi connectivity index (χ4n) is 2.16. The van der Waals surface area contributed by atoms with Crippen molar-refractivity contribution in [1.29, 1.82) is 0 Å². The first-order chi connectivity index (χ1) is 10.2. The Morgan fingerprint density at radius 2 is 1.86 bits per heavy atom. The quantitative estimate of drug-likeness (QED) is 0.669. The van der Waals surface area contributed by atoms with E-state index >= 15 is 0 Å². The van der Waals surface area contributed by atoms with Gasteiger partial charge >= 0.3 is 6.03 Å². The van der Waals surface area contributed by atoms with Gasteiger partial charge in [-0.15, -0.1) is 0 Å². The van der Waals surface area contributed by atoms with E-state index in [1.807, 2.05) is 42.5 Å². The summed E-state index contributed by atoms with van der Waals surface area (Å²) >= 11 is 6.05. The number of aromatic amines is 1. The molecular weight excluding hydrogens is 286 g/mol. The van der Waals surface area contributed by atoms with Crippen LogP contribution in [0.2, 0.25) is 5.02 Å². The minimum absolute atomic E-state index is 0.264. The van der Waals surface area contributed by atoms with Crippen LogP contribution in [0.15, 0.2) is 54.7 Å².